The number of fused-ring (bicyclic) bond motifs is 1. The van der Waals surface area contributed by atoms with E-state index in [0.717, 1.165) is 29.0 Å². The number of benzene rings is 1. The van der Waals surface area contributed by atoms with E-state index in [9.17, 15) is 13.2 Å². The van der Waals surface area contributed by atoms with Crippen molar-refractivity contribution in [3.63, 3.8) is 0 Å². The monoisotopic (exact) mass is 218 g/mol. The second-order valence-electron chi connectivity index (χ2n) is 2.79. The smallest absolute Gasteiger partial charge is 0.177 e. The third kappa shape index (κ3) is 1.75. The second kappa shape index (κ2) is 3.27. The molecule has 0 saturated heterocycles. The van der Waals surface area contributed by atoms with Crippen LogP contribution >= 0.6 is 11.9 Å². The molecule has 0 saturated carbocycles. The highest BCUT2D eigenvalue weighted by atomic mass is 32.2. The molecule has 14 heavy (non-hydrogen) atoms. The molecule has 0 aliphatic carbocycles. The zero-order valence-corrected chi connectivity index (χ0v) is 7.69. The minimum absolute atomic E-state index is 0.228. The highest BCUT2D eigenvalue weighted by Crippen LogP contribution is 2.35. The molecule has 2 nitrogen and oxygen atoms in total. The van der Waals surface area contributed by atoms with E-state index < -0.39 is 11.7 Å². The minimum atomic E-state index is -4.28. The molecule has 1 aromatic rings. The molecule has 0 aromatic heterocycles. The van der Waals surface area contributed by atoms with Gasteiger partial charge in [0.2, 0.25) is 0 Å². The molecule has 74 valence electrons. The molecule has 6 heteroatoms. The lowest BCUT2D eigenvalue weighted by molar-refractivity contribution is -0.137. The largest absolute Gasteiger partial charge is 0.416 e. The predicted molar refractivity (Wildman–Crippen MR) is 45.9 cm³/mol. The first-order valence-corrected chi connectivity index (χ1v) is 4.58. The Kier molecular flexibility index (Phi) is 2.22. The van der Waals surface area contributed by atoms with Crippen LogP contribution in [0.1, 0.15) is 11.1 Å². The van der Waals surface area contributed by atoms with Gasteiger partial charge in [-0.2, -0.15) is 18.3 Å². The summed E-state index contributed by atoms with van der Waals surface area (Å²) in [6.45, 7) is 0.228. The summed E-state index contributed by atoms with van der Waals surface area (Å²) >= 11 is 1.10. The highest BCUT2D eigenvalue weighted by Gasteiger charge is 2.31. The maximum absolute atomic E-state index is 12.3. The van der Waals surface area contributed by atoms with Crippen LogP contribution in [0.3, 0.4) is 0 Å². The van der Waals surface area contributed by atoms with E-state index in [0.29, 0.717) is 5.56 Å². The van der Waals surface area contributed by atoms with Gasteiger partial charge in [0.1, 0.15) is 0 Å². The van der Waals surface area contributed by atoms with Gasteiger partial charge in [0.05, 0.1) is 12.1 Å². The van der Waals surface area contributed by atoms with Gasteiger partial charge in [-0.25, -0.2) is 0 Å². The number of alkyl halides is 3. The number of halogens is 3. The van der Waals surface area contributed by atoms with Crippen molar-refractivity contribution in [3.8, 4) is 0 Å². The van der Waals surface area contributed by atoms with Crippen LogP contribution < -0.4 is 0 Å². The van der Waals surface area contributed by atoms with Crippen LogP contribution in [0, 0.1) is 0 Å². The Morgan fingerprint density at radius 3 is 2.79 bits per heavy atom. The summed E-state index contributed by atoms with van der Waals surface area (Å²) in [6, 6.07) is 3.62. The third-order valence-corrected chi connectivity index (χ3v) is 2.62. The molecule has 0 bridgehead atoms. The average Bonchev–Trinajstić information content (AvgIpc) is 2.16. The summed E-state index contributed by atoms with van der Waals surface area (Å²) in [5, 5.41) is 3.66. The summed E-state index contributed by atoms with van der Waals surface area (Å²) in [6.07, 6.45) is -4.28. The quantitative estimate of drug-likeness (QED) is 0.609. The van der Waals surface area contributed by atoms with Crippen molar-refractivity contribution in [2.75, 3.05) is 0 Å². The number of rotatable bonds is 0. The van der Waals surface area contributed by atoms with Crippen molar-refractivity contribution in [3.05, 3.63) is 29.3 Å². The van der Waals surface area contributed by atoms with Gasteiger partial charge >= 0.3 is 6.18 Å². The number of hydrogen-bond donors (Lipinski definition) is 0. The van der Waals surface area contributed by atoms with Gasteiger partial charge in [-0.1, -0.05) is 0 Å². The van der Waals surface area contributed by atoms with Crippen LogP contribution in [0.4, 0.5) is 13.2 Å². The molecule has 1 heterocycles. The number of hydrogen-bond acceptors (Lipinski definition) is 3. The van der Waals surface area contributed by atoms with Gasteiger partial charge in [-0.05, 0) is 23.8 Å². The van der Waals surface area contributed by atoms with Crippen molar-refractivity contribution < 1.29 is 13.2 Å². The molecular weight excluding hydrogens is 213 g/mol. The van der Waals surface area contributed by atoms with Gasteiger partial charge in [0.25, 0.3) is 0 Å². The van der Waals surface area contributed by atoms with E-state index in [4.69, 9.17) is 0 Å². The Labute approximate surface area is 82.4 Å². The van der Waals surface area contributed by atoms with Crippen molar-refractivity contribution in [1.29, 1.82) is 0 Å². The van der Waals surface area contributed by atoms with Crippen molar-refractivity contribution in [1.82, 2.24) is 0 Å². The molecule has 1 aliphatic rings. The van der Waals surface area contributed by atoms with E-state index in [2.05, 4.69) is 9.63 Å². The topological polar surface area (TPSA) is 24.7 Å². The van der Waals surface area contributed by atoms with Gasteiger partial charge in [0.15, 0.2) is 0 Å². The lowest BCUT2D eigenvalue weighted by Gasteiger charge is -2.12. The fourth-order valence-corrected chi connectivity index (χ4v) is 1.72. The normalized spacial score (nSPS) is 15.4. The van der Waals surface area contributed by atoms with Crippen molar-refractivity contribution in [2.45, 2.75) is 17.6 Å². The van der Waals surface area contributed by atoms with E-state index in [-0.39, 0.29) is 6.54 Å². The van der Waals surface area contributed by atoms with Crippen LogP contribution in [-0.2, 0) is 12.7 Å². The molecular formula is C8H5F3N2S. The third-order valence-electron chi connectivity index (χ3n) is 1.83. The van der Waals surface area contributed by atoms with Crippen molar-refractivity contribution in [2.24, 2.45) is 9.63 Å². The molecule has 0 fully saturated rings. The molecule has 1 aliphatic heterocycles. The maximum Gasteiger partial charge on any atom is 0.416 e. The summed E-state index contributed by atoms with van der Waals surface area (Å²) < 4.78 is 40.6. The Hall–Kier alpha value is -1.04. The van der Waals surface area contributed by atoms with Crippen LogP contribution in [0.15, 0.2) is 32.7 Å². The predicted octanol–water partition coefficient (Wildman–Crippen LogP) is 3.68. The fraction of sp³-hybridized carbons (Fsp3) is 0.250. The Morgan fingerprint density at radius 1 is 1.29 bits per heavy atom. The first-order valence-electron chi connectivity index (χ1n) is 3.81. The molecule has 0 unspecified atom stereocenters. The number of nitrogens with zero attached hydrogens (tertiary/aromatic N) is 2. The molecule has 0 N–H and O–H groups in total. The molecule has 0 atom stereocenters. The summed E-state index contributed by atoms with van der Waals surface area (Å²) in [5.74, 6) is 0. The summed E-state index contributed by atoms with van der Waals surface area (Å²) in [4.78, 5) is 0.744. The Balaban J connectivity index is 2.41. The fourth-order valence-electron chi connectivity index (χ4n) is 1.15. The zero-order chi connectivity index (χ0) is 10.2. The van der Waals surface area contributed by atoms with Gasteiger partial charge in [-0.15, -0.1) is 4.52 Å². The van der Waals surface area contributed by atoms with Crippen LogP contribution in [0.5, 0.6) is 0 Å². The van der Waals surface area contributed by atoms with Crippen LogP contribution in [0.2, 0.25) is 0 Å². The van der Waals surface area contributed by atoms with E-state index in [1.165, 1.54) is 6.07 Å². The van der Waals surface area contributed by atoms with Crippen LogP contribution in [-0.4, -0.2) is 0 Å². The first kappa shape index (κ1) is 9.51. The lowest BCUT2D eigenvalue weighted by atomic mass is 10.1. The molecule has 0 amide bonds. The Morgan fingerprint density at radius 2 is 2.07 bits per heavy atom. The van der Waals surface area contributed by atoms with E-state index in [1.807, 2.05) is 0 Å². The Bertz CT molecular complexity index is 387. The van der Waals surface area contributed by atoms with Crippen LogP contribution in [0.25, 0.3) is 0 Å². The zero-order valence-electron chi connectivity index (χ0n) is 6.88. The SMILES string of the molecule is FC(F)(F)c1ccc2c(c1)CN=NS2. The second-order valence-corrected chi connectivity index (χ2v) is 3.58. The highest BCUT2D eigenvalue weighted by molar-refractivity contribution is 7.98. The minimum Gasteiger partial charge on any atom is -0.177 e. The summed E-state index contributed by atoms with van der Waals surface area (Å²) in [7, 11) is 0. The van der Waals surface area contributed by atoms with E-state index >= 15 is 0 Å². The molecule has 0 spiro atoms. The summed E-state index contributed by atoms with van der Waals surface area (Å²) in [5.41, 5.74) is -0.0474. The lowest BCUT2D eigenvalue weighted by Crippen LogP contribution is -2.06. The van der Waals surface area contributed by atoms with Gasteiger partial charge in [0, 0.05) is 16.8 Å². The molecule has 2 rings (SSSR count). The first-order chi connectivity index (χ1) is 6.57. The molecule has 0 radical (unpaired) electrons. The van der Waals surface area contributed by atoms with E-state index in [1.54, 1.807) is 0 Å². The standard InChI is InChI=1S/C8H5F3N2S/c9-8(10,11)6-1-2-7-5(3-6)4-12-13-14-7/h1-3H,4H2. The van der Waals surface area contributed by atoms with Gasteiger partial charge < -0.3 is 0 Å². The van der Waals surface area contributed by atoms with Crippen molar-refractivity contribution >= 4 is 11.9 Å². The van der Waals surface area contributed by atoms with Gasteiger partial charge in [-0.3, -0.25) is 0 Å². The average molecular weight is 218 g/mol. The maximum atomic E-state index is 12.3. The molecule has 1 aromatic carbocycles.